The normalized spacial score (nSPS) is 10.3. The van der Waals surface area contributed by atoms with Gasteiger partial charge in [0.15, 0.2) is 11.6 Å². The van der Waals surface area contributed by atoms with Crippen molar-refractivity contribution in [2.24, 2.45) is 7.05 Å². The van der Waals surface area contributed by atoms with Gasteiger partial charge >= 0.3 is 0 Å². The van der Waals surface area contributed by atoms with Crippen LogP contribution < -0.4 is 4.74 Å². The minimum Gasteiger partial charge on any atom is -0.483 e. The van der Waals surface area contributed by atoms with Crippen LogP contribution >= 0.6 is 15.9 Å². The van der Waals surface area contributed by atoms with E-state index < -0.39 is 0 Å². The zero-order valence-corrected chi connectivity index (χ0v) is 9.68. The zero-order valence-electron chi connectivity index (χ0n) is 8.09. The molecular formula is C9H9BrN4O. The molecule has 0 saturated heterocycles. The molecule has 0 saturated carbocycles. The van der Waals surface area contributed by atoms with Gasteiger partial charge in [-0.3, -0.25) is 0 Å². The van der Waals surface area contributed by atoms with E-state index in [2.05, 4.69) is 31.1 Å². The molecule has 0 aliphatic heterocycles. The van der Waals surface area contributed by atoms with Crippen LogP contribution in [0.15, 0.2) is 29.3 Å². The van der Waals surface area contributed by atoms with Crippen molar-refractivity contribution >= 4 is 15.9 Å². The van der Waals surface area contributed by atoms with Gasteiger partial charge in [0.1, 0.15) is 17.5 Å². The SMILES string of the molecule is Cn1cnnc1COc1cccnc1Br. The van der Waals surface area contributed by atoms with E-state index in [4.69, 9.17) is 4.74 Å². The lowest BCUT2D eigenvalue weighted by molar-refractivity contribution is 0.288. The fourth-order valence-electron chi connectivity index (χ4n) is 1.06. The molecule has 0 bridgehead atoms. The first-order chi connectivity index (χ1) is 7.27. The Bertz CT molecular complexity index is 457. The van der Waals surface area contributed by atoms with Crippen molar-refractivity contribution in [2.45, 2.75) is 6.61 Å². The first-order valence-electron chi connectivity index (χ1n) is 4.33. The molecule has 0 aliphatic rings. The summed E-state index contributed by atoms with van der Waals surface area (Å²) in [4.78, 5) is 4.05. The molecule has 6 heteroatoms. The Labute approximate surface area is 95.2 Å². The second kappa shape index (κ2) is 4.39. The molecule has 0 radical (unpaired) electrons. The summed E-state index contributed by atoms with van der Waals surface area (Å²) in [7, 11) is 1.87. The third kappa shape index (κ3) is 2.33. The van der Waals surface area contributed by atoms with Crippen LogP contribution in [-0.2, 0) is 13.7 Å². The summed E-state index contributed by atoms with van der Waals surface area (Å²) in [5.74, 6) is 1.46. The van der Waals surface area contributed by atoms with Crippen molar-refractivity contribution in [3.05, 3.63) is 35.1 Å². The monoisotopic (exact) mass is 268 g/mol. The van der Waals surface area contributed by atoms with E-state index in [1.807, 2.05) is 23.7 Å². The number of pyridine rings is 1. The second-order valence-corrected chi connectivity index (χ2v) is 3.69. The Morgan fingerprint density at radius 1 is 1.53 bits per heavy atom. The van der Waals surface area contributed by atoms with Gasteiger partial charge in [0, 0.05) is 13.2 Å². The van der Waals surface area contributed by atoms with Crippen LogP contribution in [0.2, 0.25) is 0 Å². The Morgan fingerprint density at radius 3 is 3.07 bits per heavy atom. The number of aromatic nitrogens is 4. The summed E-state index contributed by atoms with van der Waals surface area (Å²) in [6.45, 7) is 0.376. The number of aryl methyl sites for hydroxylation is 1. The van der Waals surface area contributed by atoms with Crippen molar-refractivity contribution in [3.8, 4) is 5.75 Å². The summed E-state index contributed by atoms with van der Waals surface area (Å²) in [5.41, 5.74) is 0. The van der Waals surface area contributed by atoms with Gasteiger partial charge in [-0.2, -0.15) is 0 Å². The Balaban J connectivity index is 2.06. The van der Waals surface area contributed by atoms with Gasteiger partial charge in [0.05, 0.1) is 0 Å². The van der Waals surface area contributed by atoms with Crippen molar-refractivity contribution in [3.63, 3.8) is 0 Å². The molecule has 0 fully saturated rings. The molecule has 15 heavy (non-hydrogen) atoms. The fourth-order valence-corrected chi connectivity index (χ4v) is 1.42. The lowest BCUT2D eigenvalue weighted by Gasteiger charge is -2.05. The van der Waals surface area contributed by atoms with E-state index in [-0.39, 0.29) is 0 Å². The summed E-state index contributed by atoms with van der Waals surface area (Å²) in [6, 6.07) is 3.66. The highest BCUT2D eigenvalue weighted by molar-refractivity contribution is 9.10. The van der Waals surface area contributed by atoms with Crippen molar-refractivity contribution in [2.75, 3.05) is 0 Å². The molecule has 0 aliphatic carbocycles. The van der Waals surface area contributed by atoms with Gasteiger partial charge in [0.2, 0.25) is 0 Å². The predicted molar refractivity (Wildman–Crippen MR) is 57.3 cm³/mol. The molecule has 0 atom stereocenters. The fraction of sp³-hybridized carbons (Fsp3) is 0.222. The largest absolute Gasteiger partial charge is 0.483 e. The van der Waals surface area contributed by atoms with Crippen LogP contribution in [-0.4, -0.2) is 19.7 Å². The molecule has 0 aromatic carbocycles. The van der Waals surface area contributed by atoms with Gasteiger partial charge in [0.25, 0.3) is 0 Å². The number of ether oxygens (including phenoxy) is 1. The smallest absolute Gasteiger partial charge is 0.170 e. The number of hydrogen-bond donors (Lipinski definition) is 0. The van der Waals surface area contributed by atoms with Crippen molar-refractivity contribution < 1.29 is 4.74 Å². The van der Waals surface area contributed by atoms with Crippen LogP contribution in [0.1, 0.15) is 5.82 Å². The minimum absolute atomic E-state index is 0.376. The standard InChI is InChI=1S/C9H9BrN4O/c1-14-6-12-13-8(14)5-15-7-3-2-4-11-9(7)10/h2-4,6H,5H2,1H3. The van der Waals surface area contributed by atoms with Crippen molar-refractivity contribution in [1.29, 1.82) is 0 Å². The van der Waals surface area contributed by atoms with E-state index in [1.54, 1.807) is 12.5 Å². The quantitative estimate of drug-likeness (QED) is 0.793. The van der Waals surface area contributed by atoms with E-state index >= 15 is 0 Å². The molecule has 0 amide bonds. The molecule has 2 rings (SSSR count). The predicted octanol–water partition coefficient (Wildman–Crippen LogP) is 1.55. The summed E-state index contributed by atoms with van der Waals surface area (Å²) < 4.78 is 8.03. The summed E-state index contributed by atoms with van der Waals surface area (Å²) >= 11 is 3.30. The van der Waals surface area contributed by atoms with Gasteiger partial charge in [-0.15, -0.1) is 10.2 Å². The average molecular weight is 269 g/mol. The third-order valence-electron chi connectivity index (χ3n) is 1.89. The Kier molecular flexibility index (Phi) is 2.96. The van der Waals surface area contributed by atoms with Gasteiger partial charge in [-0.25, -0.2) is 4.98 Å². The van der Waals surface area contributed by atoms with E-state index in [0.717, 1.165) is 5.82 Å². The molecule has 0 spiro atoms. The maximum absolute atomic E-state index is 5.53. The first-order valence-corrected chi connectivity index (χ1v) is 5.13. The number of hydrogen-bond acceptors (Lipinski definition) is 4. The average Bonchev–Trinajstić information content (AvgIpc) is 2.63. The number of halogens is 1. The molecule has 5 nitrogen and oxygen atoms in total. The molecule has 0 N–H and O–H groups in total. The van der Waals surface area contributed by atoms with Crippen LogP contribution in [0.3, 0.4) is 0 Å². The molecule has 78 valence electrons. The summed E-state index contributed by atoms with van der Waals surface area (Å²) in [5, 5.41) is 7.67. The number of rotatable bonds is 3. The molecule has 0 unspecified atom stereocenters. The highest BCUT2D eigenvalue weighted by Gasteiger charge is 2.04. The topological polar surface area (TPSA) is 52.8 Å². The van der Waals surface area contributed by atoms with Crippen LogP contribution in [0, 0.1) is 0 Å². The van der Waals surface area contributed by atoms with E-state index in [1.165, 1.54) is 0 Å². The zero-order chi connectivity index (χ0) is 10.7. The maximum Gasteiger partial charge on any atom is 0.170 e. The Morgan fingerprint density at radius 2 is 2.40 bits per heavy atom. The lowest BCUT2D eigenvalue weighted by atomic mass is 10.5. The molecule has 2 aromatic heterocycles. The van der Waals surface area contributed by atoms with Gasteiger partial charge in [-0.1, -0.05) is 0 Å². The van der Waals surface area contributed by atoms with Gasteiger partial charge in [-0.05, 0) is 28.1 Å². The van der Waals surface area contributed by atoms with Gasteiger partial charge < -0.3 is 9.30 Å². The molecular weight excluding hydrogens is 260 g/mol. The van der Waals surface area contributed by atoms with E-state index in [0.29, 0.717) is 17.0 Å². The maximum atomic E-state index is 5.53. The van der Waals surface area contributed by atoms with Crippen LogP contribution in [0.5, 0.6) is 5.75 Å². The second-order valence-electron chi connectivity index (χ2n) is 2.94. The minimum atomic E-state index is 0.376. The third-order valence-corrected chi connectivity index (χ3v) is 2.48. The lowest BCUT2D eigenvalue weighted by Crippen LogP contribution is -2.03. The highest BCUT2D eigenvalue weighted by Crippen LogP contribution is 2.21. The Hall–Kier alpha value is -1.43. The number of nitrogens with zero attached hydrogens (tertiary/aromatic N) is 4. The van der Waals surface area contributed by atoms with E-state index in [9.17, 15) is 0 Å². The molecule has 2 aromatic rings. The first kappa shape index (κ1) is 10.1. The van der Waals surface area contributed by atoms with Crippen LogP contribution in [0.25, 0.3) is 0 Å². The van der Waals surface area contributed by atoms with Crippen LogP contribution in [0.4, 0.5) is 0 Å². The molecule has 2 heterocycles. The highest BCUT2D eigenvalue weighted by atomic mass is 79.9. The summed E-state index contributed by atoms with van der Waals surface area (Å²) in [6.07, 6.45) is 3.33. The van der Waals surface area contributed by atoms with Crippen molar-refractivity contribution in [1.82, 2.24) is 19.7 Å².